The zero-order valence-corrected chi connectivity index (χ0v) is 34.2. The van der Waals surface area contributed by atoms with Crippen LogP contribution in [-0.4, -0.2) is 4.57 Å². The fourth-order valence-corrected chi connectivity index (χ4v) is 10.3. The van der Waals surface area contributed by atoms with Crippen molar-refractivity contribution in [1.82, 2.24) is 4.57 Å². The third-order valence-corrected chi connectivity index (χ3v) is 13.5. The highest BCUT2D eigenvalue weighted by atomic mass is 32.1. The van der Waals surface area contributed by atoms with Gasteiger partial charge in [0, 0.05) is 48.7 Å². The fourth-order valence-electron chi connectivity index (χ4n) is 9.28. The Balaban J connectivity index is 1.02. The number of para-hydroxylation sites is 1. The van der Waals surface area contributed by atoms with Crippen molar-refractivity contribution in [2.75, 3.05) is 4.90 Å². The van der Waals surface area contributed by atoms with Gasteiger partial charge in [0.1, 0.15) is 0 Å². The molecule has 2 heterocycles. The molecular formula is C56H42N2S. The number of rotatable bonds is 7. The predicted octanol–water partition coefficient (Wildman–Crippen LogP) is 15.9. The highest BCUT2D eigenvalue weighted by Crippen LogP contribution is 2.50. The molecule has 1 aliphatic rings. The lowest BCUT2D eigenvalue weighted by atomic mass is 9.81. The molecule has 0 radical (unpaired) electrons. The highest BCUT2D eigenvalue weighted by Gasteiger charge is 2.35. The first-order valence-electron chi connectivity index (χ1n) is 20.4. The number of nitrogens with zero attached hydrogens (tertiary/aromatic N) is 2. The summed E-state index contributed by atoms with van der Waals surface area (Å²) in [5.41, 5.74) is 18.5. The SMILES string of the molecule is Cc1ccc2c(c1)c1cc(N(c3ccc(-c4ccc5c(c4)C(C)(C)c4ccccc4-5)cc3)c3ccc(-c4ccc(-c5ccccc5)s4)cc3)ccc1n2-c1ccccc1. The molecule has 11 rings (SSSR count). The Morgan fingerprint density at radius 3 is 1.68 bits per heavy atom. The Morgan fingerprint density at radius 2 is 0.966 bits per heavy atom. The van der Waals surface area contributed by atoms with Gasteiger partial charge in [0.05, 0.1) is 11.0 Å². The summed E-state index contributed by atoms with van der Waals surface area (Å²) in [4.78, 5) is 4.94. The molecule has 10 aromatic rings. The number of hydrogen-bond acceptors (Lipinski definition) is 2. The van der Waals surface area contributed by atoms with Crippen molar-refractivity contribution in [2.45, 2.75) is 26.2 Å². The normalized spacial score (nSPS) is 12.8. The Hall–Kier alpha value is -6.94. The molecule has 3 heteroatoms. The van der Waals surface area contributed by atoms with Gasteiger partial charge in [0.2, 0.25) is 0 Å². The Labute approximate surface area is 349 Å². The number of fused-ring (bicyclic) bond motifs is 6. The van der Waals surface area contributed by atoms with Crippen LogP contribution in [0.1, 0.15) is 30.5 Å². The molecule has 0 saturated carbocycles. The van der Waals surface area contributed by atoms with Crippen molar-refractivity contribution in [2.24, 2.45) is 0 Å². The second-order valence-corrected chi connectivity index (χ2v) is 17.4. The first-order valence-corrected chi connectivity index (χ1v) is 21.2. The van der Waals surface area contributed by atoms with Gasteiger partial charge in [-0.1, -0.05) is 135 Å². The van der Waals surface area contributed by atoms with E-state index < -0.39 is 0 Å². The number of aromatic nitrogens is 1. The van der Waals surface area contributed by atoms with Crippen molar-refractivity contribution in [3.8, 4) is 48.8 Å². The summed E-state index contributed by atoms with van der Waals surface area (Å²) in [6.45, 7) is 6.88. The molecule has 1 aliphatic carbocycles. The van der Waals surface area contributed by atoms with Crippen molar-refractivity contribution < 1.29 is 0 Å². The Kier molecular flexibility index (Phi) is 8.28. The zero-order chi connectivity index (χ0) is 39.7. The minimum atomic E-state index is -0.0438. The molecule has 2 aromatic heterocycles. The minimum Gasteiger partial charge on any atom is -0.310 e. The van der Waals surface area contributed by atoms with Gasteiger partial charge < -0.3 is 9.47 Å². The Bertz CT molecular complexity index is 3170. The van der Waals surface area contributed by atoms with Crippen LogP contribution < -0.4 is 4.90 Å². The standard InChI is InChI=1S/C56H42N2S/c1-37-18-30-52-48(34-37)49-36-45(28-31-53(49)58(52)42-14-8-5-9-15-42)57(44-26-21-40(22-27-44)55-33-32-54(59-55)39-12-6-4-7-13-39)43-24-19-38(20-25-43)41-23-29-47-46-16-10-11-17-50(46)56(2,3)51(47)35-41/h4-36H,1-3H3. The van der Waals surface area contributed by atoms with Crippen LogP contribution in [0.5, 0.6) is 0 Å². The van der Waals surface area contributed by atoms with E-state index in [0.717, 1.165) is 22.7 Å². The maximum absolute atomic E-state index is 2.41. The zero-order valence-electron chi connectivity index (χ0n) is 33.4. The molecule has 0 spiro atoms. The van der Waals surface area contributed by atoms with Crippen LogP contribution in [0, 0.1) is 6.92 Å². The van der Waals surface area contributed by atoms with E-state index in [-0.39, 0.29) is 5.41 Å². The van der Waals surface area contributed by atoms with E-state index in [1.54, 1.807) is 0 Å². The molecule has 59 heavy (non-hydrogen) atoms. The second kappa shape index (κ2) is 13.9. The van der Waals surface area contributed by atoms with E-state index >= 15 is 0 Å². The van der Waals surface area contributed by atoms with Crippen molar-refractivity contribution in [3.63, 3.8) is 0 Å². The second-order valence-electron chi connectivity index (χ2n) is 16.3. The van der Waals surface area contributed by atoms with Crippen LogP contribution in [0.2, 0.25) is 0 Å². The van der Waals surface area contributed by atoms with Crippen LogP contribution in [0.15, 0.2) is 200 Å². The van der Waals surface area contributed by atoms with Crippen LogP contribution in [-0.2, 0) is 5.41 Å². The molecule has 0 bridgehead atoms. The van der Waals surface area contributed by atoms with E-state index in [4.69, 9.17) is 0 Å². The quantitative estimate of drug-likeness (QED) is 0.157. The lowest BCUT2D eigenvalue weighted by Crippen LogP contribution is -2.14. The van der Waals surface area contributed by atoms with Crippen LogP contribution in [0.4, 0.5) is 17.1 Å². The molecule has 2 nitrogen and oxygen atoms in total. The van der Waals surface area contributed by atoms with Crippen LogP contribution in [0.3, 0.4) is 0 Å². The smallest absolute Gasteiger partial charge is 0.0542 e. The summed E-state index contributed by atoms with van der Waals surface area (Å²) < 4.78 is 2.39. The number of aryl methyl sites for hydroxylation is 1. The van der Waals surface area contributed by atoms with E-state index in [9.17, 15) is 0 Å². The molecule has 282 valence electrons. The van der Waals surface area contributed by atoms with Gasteiger partial charge in [0.15, 0.2) is 0 Å². The average Bonchev–Trinajstić information content (AvgIpc) is 3.97. The molecule has 0 N–H and O–H groups in total. The maximum atomic E-state index is 2.41. The summed E-state index contributed by atoms with van der Waals surface area (Å²) in [6, 6.07) is 73.7. The molecule has 0 fully saturated rings. The lowest BCUT2D eigenvalue weighted by Gasteiger charge is -2.26. The number of benzene rings is 8. The van der Waals surface area contributed by atoms with E-state index in [1.807, 2.05) is 11.3 Å². The van der Waals surface area contributed by atoms with Gasteiger partial charge in [-0.25, -0.2) is 0 Å². The molecule has 0 aliphatic heterocycles. The summed E-state index contributed by atoms with van der Waals surface area (Å²) in [5.74, 6) is 0. The third-order valence-electron chi connectivity index (χ3n) is 12.3. The van der Waals surface area contributed by atoms with Crippen molar-refractivity contribution in [1.29, 1.82) is 0 Å². The van der Waals surface area contributed by atoms with Gasteiger partial charge in [0.25, 0.3) is 0 Å². The monoisotopic (exact) mass is 774 g/mol. The first kappa shape index (κ1) is 35.2. The highest BCUT2D eigenvalue weighted by molar-refractivity contribution is 7.18. The van der Waals surface area contributed by atoms with E-state index in [2.05, 4.69) is 230 Å². The topological polar surface area (TPSA) is 8.17 Å². The van der Waals surface area contributed by atoms with Crippen LogP contribution >= 0.6 is 11.3 Å². The molecule has 0 amide bonds. The van der Waals surface area contributed by atoms with Gasteiger partial charge >= 0.3 is 0 Å². The van der Waals surface area contributed by atoms with Gasteiger partial charge in [-0.3, -0.25) is 0 Å². The summed E-state index contributed by atoms with van der Waals surface area (Å²) in [6.07, 6.45) is 0. The van der Waals surface area contributed by atoms with E-state index in [0.29, 0.717) is 0 Å². The molecule has 0 atom stereocenters. The number of hydrogen-bond donors (Lipinski definition) is 0. The molecule has 8 aromatic carbocycles. The maximum Gasteiger partial charge on any atom is 0.0542 e. The Morgan fingerprint density at radius 1 is 0.424 bits per heavy atom. The predicted molar refractivity (Wildman–Crippen MR) is 252 cm³/mol. The lowest BCUT2D eigenvalue weighted by molar-refractivity contribution is 0.660. The van der Waals surface area contributed by atoms with Gasteiger partial charge in [-0.2, -0.15) is 0 Å². The molecular weight excluding hydrogens is 733 g/mol. The fraction of sp³-hybridized carbons (Fsp3) is 0.0714. The summed E-state index contributed by atoms with van der Waals surface area (Å²) >= 11 is 1.84. The van der Waals surface area contributed by atoms with Gasteiger partial charge in [-0.15, -0.1) is 11.3 Å². The largest absolute Gasteiger partial charge is 0.310 e. The third kappa shape index (κ3) is 5.92. The molecule has 0 saturated heterocycles. The number of thiophene rings is 1. The van der Waals surface area contributed by atoms with Crippen LogP contribution in [0.25, 0.3) is 70.6 Å². The number of anilines is 3. The van der Waals surface area contributed by atoms with E-state index in [1.165, 1.54) is 81.6 Å². The molecule has 0 unspecified atom stereocenters. The van der Waals surface area contributed by atoms with Crippen molar-refractivity contribution >= 4 is 50.2 Å². The van der Waals surface area contributed by atoms with Gasteiger partial charge in [-0.05, 0) is 136 Å². The minimum absolute atomic E-state index is 0.0438. The first-order chi connectivity index (χ1) is 28.9. The summed E-state index contributed by atoms with van der Waals surface area (Å²) in [7, 11) is 0. The summed E-state index contributed by atoms with van der Waals surface area (Å²) in [5, 5.41) is 2.49. The average molecular weight is 775 g/mol. The van der Waals surface area contributed by atoms with Crippen molar-refractivity contribution in [3.05, 3.63) is 217 Å².